The third kappa shape index (κ3) is 4.30. The number of benzene rings is 1. The number of nitrogens with one attached hydrogen (secondary N) is 1. The molecular formula is C18H26FN3O. The first-order chi connectivity index (χ1) is 11.2. The van der Waals surface area contributed by atoms with Gasteiger partial charge in [0.15, 0.2) is 0 Å². The number of hydrogen-bond acceptors (Lipinski definition) is 3. The molecule has 3 N–H and O–H groups in total. The molecule has 1 aromatic carbocycles. The average Bonchev–Trinajstić information content (AvgIpc) is 3.40. The van der Waals surface area contributed by atoms with Crippen molar-refractivity contribution in [3.63, 3.8) is 0 Å². The van der Waals surface area contributed by atoms with Crippen LogP contribution in [0.2, 0.25) is 0 Å². The maximum Gasteiger partial charge on any atom is 0.237 e. The number of halogens is 1. The van der Waals surface area contributed by atoms with Gasteiger partial charge in [0.1, 0.15) is 5.82 Å². The van der Waals surface area contributed by atoms with E-state index >= 15 is 0 Å². The second-order valence-corrected chi connectivity index (χ2v) is 6.80. The van der Waals surface area contributed by atoms with Crippen LogP contribution in [-0.2, 0) is 11.3 Å². The number of hydrogen-bond donors (Lipinski definition) is 2. The standard InChI is InChI=1S/C18H26FN3O/c19-15-8-4-13(5-9-15)12-22-10-2-1-3-17(22)18(23)21-16(11-20)14-6-7-14/h4-5,8-9,14,16-17H,1-3,6-7,10-12,20H2,(H,21,23). The molecule has 0 bridgehead atoms. The van der Waals surface area contributed by atoms with Crippen molar-refractivity contribution in [1.82, 2.24) is 10.2 Å². The number of carbonyl (C=O) groups excluding carboxylic acids is 1. The van der Waals surface area contributed by atoms with Crippen molar-refractivity contribution < 1.29 is 9.18 Å². The van der Waals surface area contributed by atoms with Crippen molar-refractivity contribution in [2.24, 2.45) is 11.7 Å². The maximum absolute atomic E-state index is 13.0. The van der Waals surface area contributed by atoms with Crippen LogP contribution in [0.5, 0.6) is 0 Å². The smallest absolute Gasteiger partial charge is 0.237 e. The summed E-state index contributed by atoms with van der Waals surface area (Å²) in [7, 11) is 0. The average molecular weight is 319 g/mol. The van der Waals surface area contributed by atoms with Gasteiger partial charge in [-0.2, -0.15) is 0 Å². The number of piperidine rings is 1. The van der Waals surface area contributed by atoms with Gasteiger partial charge in [-0.15, -0.1) is 0 Å². The van der Waals surface area contributed by atoms with E-state index in [1.54, 1.807) is 12.1 Å². The Bertz CT molecular complexity index is 530. The fourth-order valence-corrected chi connectivity index (χ4v) is 3.45. The highest BCUT2D eigenvalue weighted by Crippen LogP contribution is 2.32. The van der Waals surface area contributed by atoms with Crippen LogP contribution in [0.3, 0.4) is 0 Å². The summed E-state index contributed by atoms with van der Waals surface area (Å²) < 4.78 is 13.0. The molecule has 0 spiro atoms. The van der Waals surface area contributed by atoms with E-state index in [-0.39, 0.29) is 23.8 Å². The van der Waals surface area contributed by atoms with E-state index in [2.05, 4.69) is 10.2 Å². The molecule has 1 amide bonds. The molecule has 1 heterocycles. The van der Waals surface area contributed by atoms with Gasteiger partial charge in [0, 0.05) is 19.1 Å². The number of nitrogens with zero attached hydrogens (tertiary/aromatic N) is 1. The Balaban J connectivity index is 1.63. The molecule has 23 heavy (non-hydrogen) atoms. The van der Waals surface area contributed by atoms with Crippen LogP contribution in [0.4, 0.5) is 4.39 Å². The molecule has 2 fully saturated rings. The van der Waals surface area contributed by atoms with Crippen LogP contribution >= 0.6 is 0 Å². The highest BCUT2D eigenvalue weighted by molar-refractivity contribution is 5.82. The van der Waals surface area contributed by atoms with Gasteiger partial charge in [-0.05, 0) is 55.8 Å². The fraction of sp³-hybridized carbons (Fsp3) is 0.611. The van der Waals surface area contributed by atoms with Crippen molar-refractivity contribution in [3.8, 4) is 0 Å². The predicted octanol–water partition coefficient (Wildman–Crippen LogP) is 2.03. The summed E-state index contributed by atoms with van der Waals surface area (Å²) >= 11 is 0. The Hall–Kier alpha value is -1.46. The molecule has 1 saturated heterocycles. The maximum atomic E-state index is 13.0. The van der Waals surface area contributed by atoms with E-state index in [0.717, 1.165) is 31.4 Å². The summed E-state index contributed by atoms with van der Waals surface area (Å²) in [5.41, 5.74) is 6.85. The first kappa shape index (κ1) is 16.4. The van der Waals surface area contributed by atoms with Gasteiger partial charge >= 0.3 is 0 Å². The molecule has 2 unspecified atom stereocenters. The molecule has 5 heteroatoms. The monoisotopic (exact) mass is 319 g/mol. The minimum atomic E-state index is -0.225. The zero-order valence-corrected chi connectivity index (χ0v) is 13.5. The highest BCUT2D eigenvalue weighted by Gasteiger charge is 2.35. The van der Waals surface area contributed by atoms with Crippen LogP contribution in [0.15, 0.2) is 24.3 Å². The Labute approximate surface area is 137 Å². The number of rotatable bonds is 6. The summed E-state index contributed by atoms with van der Waals surface area (Å²) in [6, 6.07) is 6.58. The lowest BCUT2D eigenvalue weighted by Crippen LogP contribution is -2.53. The molecular weight excluding hydrogens is 293 g/mol. The van der Waals surface area contributed by atoms with E-state index in [1.165, 1.54) is 25.0 Å². The molecule has 3 rings (SSSR count). The number of carbonyl (C=O) groups is 1. The second-order valence-electron chi connectivity index (χ2n) is 6.80. The van der Waals surface area contributed by atoms with Crippen LogP contribution in [0.1, 0.15) is 37.7 Å². The topological polar surface area (TPSA) is 58.4 Å². The lowest BCUT2D eigenvalue weighted by atomic mass is 9.99. The van der Waals surface area contributed by atoms with Crippen molar-refractivity contribution in [2.75, 3.05) is 13.1 Å². The van der Waals surface area contributed by atoms with Crippen LogP contribution in [0, 0.1) is 11.7 Å². The third-order valence-corrected chi connectivity index (χ3v) is 4.99. The van der Waals surface area contributed by atoms with E-state index in [0.29, 0.717) is 19.0 Å². The predicted molar refractivity (Wildman–Crippen MR) is 88.2 cm³/mol. The van der Waals surface area contributed by atoms with E-state index in [4.69, 9.17) is 5.73 Å². The van der Waals surface area contributed by atoms with Crippen molar-refractivity contribution >= 4 is 5.91 Å². The number of nitrogens with two attached hydrogens (primary N) is 1. The molecule has 1 aliphatic heterocycles. The quantitative estimate of drug-likeness (QED) is 0.843. The highest BCUT2D eigenvalue weighted by atomic mass is 19.1. The molecule has 2 aliphatic rings. The molecule has 126 valence electrons. The third-order valence-electron chi connectivity index (χ3n) is 4.99. The summed E-state index contributed by atoms with van der Waals surface area (Å²) in [4.78, 5) is 14.9. The first-order valence-corrected chi connectivity index (χ1v) is 8.66. The van der Waals surface area contributed by atoms with Gasteiger partial charge in [-0.1, -0.05) is 18.6 Å². The van der Waals surface area contributed by atoms with Crippen molar-refractivity contribution in [3.05, 3.63) is 35.6 Å². The van der Waals surface area contributed by atoms with Gasteiger partial charge in [0.2, 0.25) is 5.91 Å². The van der Waals surface area contributed by atoms with Crippen molar-refractivity contribution in [1.29, 1.82) is 0 Å². The van der Waals surface area contributed by atoms with E-state index in [1.807, 2.05) is 0 Å². The van der Waals surface area contributed by atoms with Crippen molar-refractivity contribution in [2.45, 2.75) is 50.7 Å². The molecule has 1 aliphatic carbocycles. The lowest BCUT2D eigenvalue weighted by Gasteiger charge is -2.35. The van der Waals surface area contributed by atoms with Crippen LogP contribution in [0.25, 0.3) is 0 Å². The second kappa shape index (κ2) is 7.41. The molecule has 2 atom stereocenters. The molecule has 4 nitrogen and oxygen atoms in total. The Morgan fingerprint density at radius 2 is 2.00 bits per heavy atom. The zero-order valence-electron chi connectivity index (χ0n) is 13.5. The van der Waals surface area contributed by atoms with Gasteiger partial charge in [0.05, 0.1) is 6.04 Å². The van der Waals surface area contributed by atoms with Crippen LogP contribution < -0.4 is 11.1 Å². The SMILES string of the molecule is NCC(NC(=O)C1CCCCN1Cc1ccc(F)cc1)C1CC1. The summed E-state index contributed by atoms with van der Waals surface area (Å²) in [5, 5.41) is 3.16. The van der Waals surface area contributed by atoms with E-state index in [9.17, 15) is 9.18 Å². The zero-order chi connectivity index (χ0) is 16.2. The molecule has 0 aromatic heterocycles. The van der Waals surface area contributed by atoms with E-state index < -0.39 is 0 Å². The summed E-state index contributed by atoms with van der Waals surface area (Å²) in [5.74, 6) is 0.448. The lowest BCUT2D eigenvalue weighted by molar-refractivity contribution is -0.128. The minimum absolute atomic E-state index is 0.0957. The Kier molecular flexibility index (Phi) is 5.28. The number of likely N-dealkylation sites (tertiary alicyclic amines) is 1. The molecule has 0 radical (unpaired) electrons. The first-order valence-electron chi connectivity index (χ1n) is 8.66. The molecule has 1 saturated carbocycles. The van der Waals surface area contributed by atoms with Gasteiger partial charge < -0.3 is 11.1 Å². The molecule has 1 aromatic rings. The summed E-state index contributed by atoms with van der Waals surface area (Å²) in [6.45, 7) is 2.11. The number of amides is 1. The van der Waals surface area contributed by atoms with Crippen LogP contribution in [-0.4, -0.2) is 36.0 Å². The van der Waals surface area contributed by atoms with Gasteiger partial charge in [-0.3, -0.25) is 9.69 Å². The summed E-state index contributed by atoms with van der Waals surface area (Å²) in [6.07, 6.45) is 5.41. The fourth-order valence-electron chi connectivity index (χ4n) is 3.45. The van der Waals surface area contributed by atoms with Gasteiger partial charge in [0.25, 0.3) is 0 Å². The Morgan fingerprint density at radius 1 is 1.26 bits per heavy atom. The minimum Gasteiger partial charge on any atom is -0.350 e. The largest absolute Gasteiger partial charge is 0.350 e. The Morgan fingerprint density at radius 3 is 2.65 bits per heavy atom. The normalized spacial score (nSPS) is 23.5. The van der Waals surface area contributed by atoms with Gasteiger partial charge in [-0.25, -0.2) is 4.39 Å².